The van der Waals surface area contributed by atoms with Crippen LogP contribution < -0.4 is 5.73 Å². The van der Waals surface area contributed by atoms with Crippen molar-refractivity contribution >= 4 is 11.7 Å². The first-order chi connectivity index (χ1) is 7.52. The molecule has 0 saturated carbocycles. The fourth-order valence-corrected chi connectivity index (χ4v) is 1.29. The van der Waals surface area contributed by atoms with Crippen LogP contribution >= 0.6 is 0 Å². The number of oxime groups is 1. The molecule has 16 heavy (non-hydrogen) atoms. The van der Waals surface area contributed by atoms with Crippen LogP contribution in [0, 0.1) is 0 Å². The minimum atomic E-state index is 0.0163. The molecule has 0 rings (SSSR count). The van der Waals surface area contributed by atoms with E-state index >= 15 is 0 Å². The summed E-state index contributed by atoms with van der Waals surface area (Å²) in [6, 6.07) is 0.0934. The number of carbonyl (C=O) groups is 1. The Hall–Kier alpha value is -1.30. The van der Waals surface area contributed by atoms with E-state index in [1.807, 2.05) is 13.8 Å². The van der Waals surface area contributed by atoms with E-state index < -0.39 is 0 Å². The minimum Gasteiger partial charge on any atom is -0.409 e. The van der Waals surface area contributed by atoms with Crippen LogP contribution in [0.15, 0.2) is 5.16 Å². The second-order valence-electron chi connectivity index (χ2n) is 3.77. The monoisotopic (exact) mass is 231 g/mol. The maximum atomic E-state index is 11.7. The van der Waals surface area contributed by atoms with Crippen molar-refractivity contribution in [1.82, 2.24) is 4.90 Å². The van der Waals surface area contributed by atoms with Crippen LogP contribution in [0.2, 0.25) is 0 Å². The lowest BCUT2D eigenvalue weighted by molar-refractivity contribution is -0.133. The number of rotatable bonds is 7. The van der Waals surface area contributed by atoms with Gasteiger partial charge in [-0.15, -0.1) is 0 Å². The van der Waals surface area contributed by atoms with Crippen molar-refractivity contribution in [3.05, 3.63) is 0 Å². The summed E-state index contributed by atoms with van der Waals surface area (Å²) in [6.45, 7) is 4.72. The summed E-state index contributed by atoms with van der Waals surface area (Å²) in [7, 11) is 1.56. The van der Waals surface area contributed by atoms with Crippen LogP contribution in [0.4, 0.5) is 0 Å². The summed E-state index contributed by atoms with van der Waals surface area (Å²) in [4.78, 5) is 13.4. The molecule has 0 aromatic heterocycles. The van der Waals surface area contributed by atoms with Crippen LogP contribution in [0.5, 0.6) is 0 Å². The first kappa shape index (κ1) is 14.7. The molecule has 1 amide bonds. The fraction of sp³-hybridized carbons (Fsp3) is 0.800. The number of nitrogens with zero attached hydrogens (tertiary/aromatic N) is 2. The number of carbonyl (C=O) groups excluding carboxylic acids is 1. The van der Waals surface area contributed by atoms with Crippen molar-refractivity contribution in [2.45, 2.75) is 32.7 Å². The average Bonchev–Trinajstić information content (AvgIpc) is 2.25. The molecule has 0 heterocycles. The highest BCUT2D eigenvalue weighted by atomic mass is 16.5. The lowest BCUT2D eigenvalue weighted by atomic mass is 10.2. The molecule has 0 aliphatic heterocycles. The van der Waals surface area contributed by atoms with Crippen molar-refractivity contribution in [1.29, 1.82) is 0 Å². The normalized spacial score (nSPS) is 11.9. The van der Waals surface area contributed by atoms with Gasteiger partial charge < -0.3 is 20.6 Å². The number of hydrogen-bond donors (Lipinski definition) is 2. The van der Waals surface area contributed by atoms with E-state index in [0.29, 0.717) is 26.0 Å². The largest absolute Gasteiger partial charge is 0.409 e. The number of amides is 1. The van der Waals surface area contributed by atoms with Crippen LogP contribution in [-0.2, 0) is 9.53 Å². The Bertz CT molecular complexity index is 241. The average molecular weight is 231 g/mol. The number of hydrogen-bond acceptors (Lipinski definition) is 4. The third-order valence-electron chi connectivity index (χ3n) is 2.20. The molecule has 0 spiro atoms. The van der Waals surface area contributed by atoms with Gasteiger partial charge >= 0.3 is 0 Å². The maximum Gasteiger partial charge on any atom is 0.225 e. The third-order valence-corrected chi connectivity index (χ3v) is 2.20. The van der Waals surface area contributed by atoms with Gasteiger partial charge in [0.15, 0.2) is 0 Å². The highest BCUT2D eigenvalue weighted by Gasteiger charge is 2.16. The Morgan fingerprint density at radius 1 is 1.50 bits per heavy atom. The molecule has 0 unspecified atom stereocenters. The maximum absolute atomic E-state index is 11.7. The Kier molecular flexibility index (Phi) is 7.28. The molecule has 94 valence electrons. The van der Waals surface area contributed by atoms with E-state index in [1.54, 1.807) is 12.0 Å². The van der Waals surface area contributed by atoms with Gasteiger partial charge in [-0.25, -0.2) is 0 Å². The summed E-state index contributed by atoms with van der Waals surface area (Å²) < 4.78 is 4.85. The van der Waals surface area contributed by atoms with Crippen LogP contribution in [0.25, 0.3) is 0 Å². The van der Waals surface area contributed by atoms with Gasteiger partial charge in [0.1, 0.15) is 5.84 Å². The standard InChI is InChI=1S/C10H21N3O3/c1-8(2)13(6-4-9(11)12-15)10(14)5-7-16-3/h8,15H,4-7H2,1-3H3,(H2,11,12). The highest BCUT2D eigenvalue weighted by molar-refractivity contribution is 5.81. The summed E-state index contributed by atoms with van der Waals surface area (Å²) in [5.74, 6) is 0.146. The molecule has 0 bridgehead atoms. The lowest BCUT2D eigenvalue weighted by Crippen LogP contribution is -2.39. The zero-order chi connectivity index (χ0) is 12.6. The molecule has 0 aliphatic carbocycles. The second-order valence-corrected chi connectivity index (χ2v) is 3.77. The lowest BCUT2D eigenvalue weighted by Gasteiger charge is -2.26. The number of methoxy groups -OCH3 is 1. The van der Waals surface area contributed by atoms with Crippen LogP contribution in [-0.4, -0.2) is 48.2 Å². The van der Waals surface area contributed by atoms with Gasteiger partial charge in [0.2, 0.25) is 5.91 Å². The highest BCUT2D eigenvalue weighted by Crippen LogP contribution is 2.03. The van der Waals surface area contributed by atoms with Crippen molar-refractivity contribution in [2.24, 2.45) is 10.9 Å². The zero-order valence-electron chi connectivity index (χ0n) is 10.1. The van der Waals surface area contributed by atoms with Crippen molar-refractivity contribution < 1.29 is 14.7 Å². The molecule has 0 aliphatic rings. The molecule has 0 saturated heterocycles. The Balaban J connectivity index is 4.21. The second kappa shape index (κ2) is 7.92. The van der Waals surface area contributed by atoms with Crippen molar-refractivity contribution in [3.63, 3.8) is 0 Å². The molecule has 0 radical (unpaired) electrons. The van der Waals surface area contributed by atoms with Gasteiger partial charge in [-0.05, 0) is 13.8 Å². The Morgan fingerprint density at radius 3 is 2.56 bits per heavy atom. The van der Waals surface area contributed by atoms with Crippen molar-refractivity contribution in [2.75, 3.05) is 20.3 Å². The van der Waals surface area contributed by atoms with Crippen LogP contribution in [0.3, 0.4) is 0 Å². The number of amidine groups is 1. The van der Waals surface area contributed by atoms with Gasteiger partial charge in [-0.3, -0.25) is 4.79 Å². The van der Waals surface area contributed by atoms with E-state index in [0.717, 1.165) is 0 Å². The van der Waals surface area contributed by atoms with Crippen molar-refractivity contribution in [3.8, 4) is 0 Å². The SMILES string of the molecule is COCCC(=O)N(CCC(N)=NO)C(C)C. The van der Waals surface area contributed by atoms with E-state index in [2.05, 4.69) is 5.16 Å². The van der Waals surface area contributed by atoms with Gasteiger partial charge in [-0.2, -0.15) is 0 Å². The summed E-state index contributed by atoms with van der Waals surface area (Å²) in [6.07, 6.45) is 0.720. The molecule has 0 aromatic carbocycles. The quantitative estimate of drug-likeness (QED) is 0.287. The summed E-state index contributed by atoms with van der Waals surface area (Å²) in [5, 5.41) is 11.3. The summed E-state index contributed by atoms with van der Waals surface area (Å²) in [5.41, 5.74) is 5.36. The van der Waals surface area contributed by atoms with E-state index in [9.17, 15) is 4.79 Å². The molecule has 0 aromatic rings. The number of ether oxygens (including phenoxy) is 1. The molecule has 3 N–H and O–H groups in total. The topological polar surface area (TPSA) is 88.2 Å². The molecule has 0 fully saturated rings. The first-order valence-electron chi connectivity index (χ1n) is 5.27. The molecule has 6 nitrogen and oxygen atoms in total. The van der Waals surface area contributed by atoms with Gasteiger partial charge in [0, 0.05) is 26.1 Å². The molecular formula is C10H21N3O3. The molecular weight excluding hydrogens is 210 g/mol. The predicted octanol–water partition coefficient (Wildman–Crippen LogP) is 0.396. The van der Waals surface area contributed by atoms with Crippen LogP contribution in [0.1, 0.15) is 26.7 Å². The molecule has 0 atom stereocenters. The van der Waals surface area contributed by atoms with Gasteiger partial charge in [0.25, 0.3) is 0 Å². The first-order valence-corrected chi connectivity index (χ1v) is 5.27. The van der Waals surface area contributed by atoms with Gasteiger partial charge in [0.05, 0.1) is 13.0 Å². The van der Waals surface area contributed by atoms with E-state index in [4.69, 9.17) is 15.7 Å². The Morgan fingerprint density at radius 2 is 2.12 bits per heavy atom. The Labute approximate surface area is 96.0 Å². The third kappa shape index (κ3) is 5.55. The number of nitrogens with two attached hydrogens (primary N) is 1. The zero-order valence-corrected chi connectivity index (χ0v) is 10.1. The van der Waals surface area contributed by atoms with E-state index in [-0.39, 0.29) is 17.8 Å². The van der Waals surface area contributed by atoms with E-state index in [1.165, 1.54) is 0 Å². The van der Waals surface area contributed by atoms with Gasteiger partial charge in [-0.1, -0.05) is 5.16 Å². The molecule has 6 heteroatoms. The fourth-order valence-electron chi connectivity index (χ4n) is 1.29. The summed E-state index contributed by atoms with van der Waals surface area (Å²) >= 11 is 0. The predicted molar refractivity (Wildman–Crippen MR) is 61.4 cm³/mol. The minimum absolute atomic E-state index is 0.0163. The smallest absolute Gasteiger partial charge is 0.225 e.